The van der Waals surface area contributed by atoms with Crippen LogP contribution in [0.4, 0.5) is 43.9 Å². The summed E-state index contributed by atoms with van der Waals surface area (Å²) in [4.78, 5) is 12.1. The Morgan fingerprint density at radius 2 is 1.49 bits per heavy atom. The molecule has 0 N–H and O–H groups in total. The number of carbonyl (C=O) groups excluding carboxylic acids is 1. The van der Waals surface area contributed by atoms with Gasteiger partial charge in [-0.1, -0.05) is 48.3 Å². The third kappa shape index (κ3) is 7.36. The molecule has 0 saturated carbocycles. The van der Waals surface area contributed by atoms with Crippen molar-refractivity contribution < 1.29 is 48.7 Å². The highest BCUT2D eigenvalue weighted by atomic mass is 35.5. The number of allylic oxidation sites excluding steroid dienone is 1. The molecule has 1 unspecified atom stereocenters. The smallest absolute Gasteiger partial charge is 0.294 e. The molecular formula is C22H14Cl2F10O. The van der Waals surface area contributed by atoms with Crippen molar-refractivity contribution in [2.45, 2.75) is 37.8 Å². The standard InChI is InChI=1S/C22H14Cl2F10O/c1-10(20(26,27)28)6-19(35)13-4-2-12(7-15(13)22(32,33)34)18(25)9-14(21(29,30)31)11-3-5-16(23)17(24)8-11/h2-5,7-10,14H,6H2,1H3/b18-9-/t10-,14?/m0/s1. The van der Waals surface area contributed by atoms with E-state index < -0.39 is 70.6 Å². The van der Waals surface area contributed by atoms with Crippen molar-refractivity contribution in [1.82, 2.24) is 0 Å². The van der Waals surface area contributed by atoms with E-state index in [4.69, 9.17) is 23.2 Å². The van der Waals surface area contributed by atoms with Gasteiger partial charge in [-0.3, -0.25) is 4.79 Å². The van der Waals surface area contributed by atoms with Crippen LogP contribution < -0.4 is 0 Å². The average Bonchev–Trinajstić information content (AvgIpc) is 2.71. The van der Waals surface area contributed by atoms with Crippen LogP contribution in [0.5, 0.6) is 0 Å². The van der Waals surface area contributed by atoms with Crippen molar-refractivity contribution in [3.63, 3.8) is 0 Å². The Morgan fingerprint density at radius 3 is 1.97 bits per heavy atom. The van der Waals surface area contributed by atoms with Crippen LogP contribution in [0.15, 0.2) is 42.5 Å². The molecule has 0 aliphatic heterocycles. The summed E-state index contributed by atoms with van der Waals surface area (Å²) in [5.74, 6) is -8.11. The summed E-state index contributed by atoms with van der Waals surface area (Å²) in [6, 6.07) is 3.82. The van der Waals surface area contributed by atoms with Crippen LogP contribution in [0.2, 0.25) is 10.0 Å². The molecule has 0 aromatic heterocycles. The van der Waals surface area contributed by atoms with Crippen molar-refractivity contribution in [3.05, 3.63) is 74.8 Å². The molecule has 1 nitrogen and oxygen atoms in total. The van der Waals surface area contributed by atoms with Crippen molar-refractivity contribution in [3.8, 4) is 0 Å². The molecule has 0 spiro atoms. The molecule has 0 radical (unpaired) electrons. The minimum absolute atomic E-state index is 0.0161. The number of rotatable bonds is 6. The summed E-state index contributed by atoms with van der Waals surface area (Å²) in [6.45, 7) is 0.599. The number of benzene rings is 2. The van der Waals surface area contributed by atoms with Gasteiger partial charge in [-0.15, -0.1) is 0 Å². The second-order valence-electron chi connectivity index (χ2n) is 7.54. The first-order valence-electron chi connectivity index (χ1n) is 9.53. The molecule has 0 amide bonds. The fourth-order valence-electron chi connectivity index (χ4n) is 3.00. The van der Waals surface area contributed by atoms with Gasteiger partial charge in [-0.05, 0) is 29.8 Å². The van der Waals surface area contributed by atoms with E-state index >= 15 is 0 Å². The molecular weight excluding hydrogens is 541 g/mol. The molecule has 2 aromatic rings. The SMILES string of the molecule is C[C@@H](CC(=O)c1ccc(/C(F)=C/C(c2ccc(Cl)c(Cl)c2)C(F)(F)F)cc1C(F)(F)F)C(F)(F)F. The number of carbonyl (C=O) groups is 1. The number of ketones is 1. The molecule has 192 valence electrons. The highest BCUT2D eigenvalue weighted by molar-refractivity contribution is 6.42. The lowest BCUT2D eigenvalue weighted by molar-refractivity contribution is -0.168. The molecule has 35 heavy (non-hydrogen) atoms. The van der Waals surface area contributed by atoms with E-state index in [9.17, 15) is 48.7 Å². The number of hydrogen-bond donors (Lipinski definition) is 0. The predicted molar refractivity (Wildman–Crippen MR) is 110 cm³/mol. The molecule has 2 rings (SSSR count). The van der Waals surface area contributed by atoms with E-state index in [1.165, 1.54) is 0 Å². The van der Waals surface area contributed by atoms with Gasteiger partial charge in [0, 0.05) is 17.5 Å². The van der Waals surface area contributed by atoms with Crippen LogP contribution in [0, 0.1) is 5.92 Å². The maximum Gasteiger partial charge on any atom is 0.417 e. The van der Waals surface area contributed by atoms with Gasteiger partial charge in [0.2, 0.25) is 0 Å². The van der Waals surface area contributed by atoms with Crippen molar-refractivity contribution in [1.29, 1.82) is 0 Å². The molecule has 2 aromatic carbocycles. The fraction of sp³-hybridized carbons (Fsp3) is 0.318. The zero-order valence-electron chi connectivity index (χ0n) is 17.3. The van der Waals surface area contributed by atoms with Crippen LogP contribution >= 0.6 is 23.2 Å². The minimum atomic E-state index is -5.31. The summed E-state index contributed by atoms with van der Waals surface area (Å²) in [6.07, 6.45) is -16.5. The average molecular weight is 555 g/mol. The summed E-state index contributed by atoms with van der Waals surface area (Å²) in [7, 11) is 0. The highest BCUT2D eigenvalue weighted by Gasteiger charge is 2.42. The zero-order chi connectivity index (χ0) is 26.9. The highest BCUT2D eigenvalue weighted by Crippen LogP contribution is 2.41. The van der Waals surface area contributed by atoms with E-state index in [1.807, 2.05) is 0 Å². The second kappa shape index (κ2) is 10.4. The first-order valence-corrected chi connectivity index (χ1v) is 10.3. The van der Waals surface area contributed by atoms with E-state index in [0.29, 0.717) is 19.1 Å². The lowest BCUT2D eigenvalue weighted by Crippen LogP contribution is -2.24. The molecule has 0 heterocycles. The lowest BCUT2D eigenvalue weighted by Gasteiger charge is -2.19. The fourth-order valence-corrected chi connectivity index (χ4v) is 3.31. The van der Waals surface area contributed by atoms with E-state index in [1.54, 1.807) is 0 Å². The molecule has 2 atom stereocenters. The normalized spacial score (nSPS) is 15.2. The van der Waals surface area contributed by atoms with E-state index in [2.05, 4.69) is 0 Å². The Kier molecular flexibility index (Phi) is 8.59. The van der Waals surface area contributed by atoms with Crippen LogP contribution in [-0.4, -0.2) is 18.1 Å². The van der Waals surface area contributed by atoms with Gasteiger partial charge >= 0.3 is 18.5 Å². The Bertz CT molecular complexity index is 1120. The van der Waals surface area contributed by atoms with Crippen molar-refractivity contribution in [2.24, 2.45) is 5.92 Å². The third-order valence-electron chi connectivity index (χ3n) is 4.92. The molecule has 0 aliphatic rings. The van der Waals surface area contributed by atoms with Gasteiger partial charge in [0.15, 0.2) is 5.78 Å². The lowest BCUT2D eigenvalue weighted by atomic mass is 9.93. The van der Waals surface area contributed by atoms with E-state index in [0.717, 1.165) is 18.2 Å². The van der Waals surface area contributed by atoms with Crippen molar-refractivity contribution in [2.75, 3.05) is 0 Å². The monoisotopic (exact) mass is 554 g/mol. The first-order chi connectivity index (χ1) is 15.8. The summed E-state index contributed by atoms with van der Waals surface area (Å²) in [5, 5.41) is -0.363. The summed E-state index contributed by atoms with van der Waals surface area (Å²) < 4.78 is 134. The topological polar surface area (TPSA) is 17.1 Å². The van der Waals surface area contributed by atoms with E-state index in [-0.39, 0.29) is 22.2 Å². The predicted octanol–water partition coefficient (Wildman–Crippen LogP) is 9.44. The number of alkyl halides is 9. The molecule has 0 fully saturated rings. The van der Waals surface area contributed by atoms with Gasteiger partial charge < -0.3 is 0 Å². The molecule has 13 heteroatoms. The summed E-state index contributed by atoms with van der Waals surface area (Å²) in [5.41, 5.74) is -4.46. The van der Waals surface area contributed by atoms with Gasteiger partial charge in [0.1, 0.15) is 11.7 Å². The van der Waals surface area contributed by atoms with Crippen LogP contribution in [0.25, 0.3) is 5.83 Å². The Balaban J connectivity index is 2.54. The Morgan fingerprint density at radius 1 is 0.886 bits per heavy atom. The van der Waals surface area contributed by atoms with Gasteiger partial charge in [-0.2, -0.15) is 39.5 Å². The van der Waals surface area contributed by atoms with Gasteiger partial charge in [0.05, 0.1) is 21.5 Å². The van der Waals surface area contributed by atoms with Crippen LogP contribution in [-0.2, 0) is 6.18 Å². The maximum atomic E-state index is 14.7. The third-order valence-corrected chi connectivity index (χ3v) is 5.66. The quantitative estimate of drug-likeness (QED) is 0.257. The zero-order valence-corrected chi connectivity index (χ0v) is 18.9. The minimum Gasteiger partial charge on any atom is -0.294 e. The van der Waals surface area contributed by atoms with Gasteiger partial charge in [0.25, 0.3) is 0 Å². The number of Topliss-reactive ketones (excluding diaryl/α,β-unsaturated/α-hetero) is 1. The number of hydrogen-bond acceptors (Lipinski definition) is 1. The first kappa shape index (κ1) is 29.0. The maximum absolute atomic E-state index is 14.7. The molecule has 0 bridgehead atoms. The molecule has 0 saturated heterocycles. The van der Waals surface area contributed by atoms with Crippen LogP contribution in [0.1, 0.15) is 46.3 Å². The van der Waals surface area contributed by atoms with Crippen molar-refractivity contribution >= 4 is 34.8 Å². The number of halogens is 12. The van der Waals surface area contributed by atoms with Gasteiger partial charge in [-0.25, -0.2) is 4.39 Å². The van der Waals surface area contributed by atoms with Crippen LogP contribution in [0.3, 0.4) is 0 Å². The largest absolute Gasteiger partial charge is 0.417 e. The summed E-state index contributed by atoms with van der Waals surface area (Å²) >= 11 is 11.4. The molecule has 0 aliphatic carbocycles. The Hall–Kier alpha value is -2.27. The Labute approximate surface area is 202 Å². The second-order valence-corrected chi connectivity index (χ2v) is 8.35.